The molecule has 1 heterocycles. The smallest absolute Gasteiger partial charge is 0.418 e. The maximum absolute atomic E-state index is 13.1. The molecule has 10 heteroatoms. The summed E-state index contributed by atoms with van der Waals surface area (Å²) in [5, 5.41) is 18.9. The number of carboxylic acid groups (broad SMARTS) is 1. The van der Waals surface area contributed by atoms with Crippen LogP contribution in [0.15, 0.2) is 30.5 Å². The van der Waals surface area contributed by atoms with Crippen LogP contribution in [0.5, 0.6) is 0 Å². The van der Waals surface area contributed by atoms with Crippen LogP contribution in [0.3, 0.4) is 0 Å². The molecule has 0 radical (unpaired) electrons. The molecule has 0 aliphatic rings. The van der Waals surface area contributed by atoms with Crippen molar-refractivity contribution in [3.05, 3.63) is 41.7 Å². The summed E-state index contributed by atoms with van der Waals surface area (Å²) in [6.07, 6.45) is -3.06. The summed E-state index contributed by atoms with van der Waals surface area (Å²) < 4.78 is 40.3. The molecule has 0 aliphatic carbocycles. The van der Waals surface area contributed by atoms with Crippen molar-refractivity contribution in [2.45, 2.75) is 44.8 Å². The van der Waals surface area contributed by atoms with E-state index in [0.717, 1.165) is 16.9 Å². The second-order valence-corrected chi connectivity index (χ2v) is 6.08. The minimum absolute atomic E-state index is 0.205. The Balaban J connectivity index is 2.31. The molecule has 1 aromatic heterocycles. The number of rotatable bonds is 7. The van der Waals surface area contributed by atoms with Crippen LogP contribution in [0.2, 0.25) is 0 Å². The summed E-state index contributed by atoms with van der Waals surface area (Å²) in [6, 6.07) is 4.78. The largest absolute Gasteiger partial charge is 0.481 e. The van der Waals surface area contributed by atoms with E-state index in [2.05, 4.69) is 15.6 Å². The lowest BCUT2D eigenvalue weighted by Crippen LogP contribution is -2.49. The number of carbonyl (C=O) groups excluding carboxylic acids is 1. The number of benzene rings is 1. The van der Waals surface area contributed by atoms with E-state index in [1.54, 1.807) is 13.8 Å². The van der Waals surface area contributed by atoms with E-state index in [0.29, 0.717) is 12.8 Å². The third kappa shape index (κ3) is 4.63. The van der Waals surface area contributed by atoms with E-state index in [9.17, 15) is 22.8 Å². The molecule has 0 saturated heterocycles. The number of hydrogen-bond donors (Lipinski definition) is 2. The number of alkyl halides is 3. The highest BCUT2D eigenvalue weighted by molar-refractivity contribution is 5.92. The number of hydrogen-bond acceptors (Lipinski definition) is 4. The first-order valence-corrected chi connectivity index (χ1v) is 8.25. The van der Waals surface area contributed by atoms with Gasteiger partial charge in [-0.3, -0.25) is 9.59 Å². The van der Waals surface area contributed by atoms with Crippen LogP contribution in [-0.4, -0.2) is 37.5 Å². The number of amides is 1. The minimum atomic E-state index is -4.59. The normalized spacial score (nSPS) is 12.0. The number of carboxylic acids is 1. The Bertz CT molecular complexity index is 829. The molecule has 2 rings (SSSR count). The lowest BCUT2D eigenvalue weighted by atomic mass is 9.89. The Morgan fingerprint density at radius 1 is 1.19 bits per heavy atom. The molecule has 27 heavy (non-hydrogen) atoms. The van der Waals surface area contributed by atoms with Crippen molar-refractivity contribution >= 4 is 11.9 Å². The molecule has 7 nitrogen and oxygen atoms in total. The number of para-hydroxylation sites is 1. The van der Waals surface area contributed by atoms with Crippen molar-refractivity contribution in [1.29, 1.82) is 0 Å². The van der Waals surface area contributed by atoms with E-state index in [1.807, 2.05) is 0 Å². The molecule has 146 valence electrons. The first-order chi connectivity index (χ1) is 12.6. The van der Waals surface area contributed by atoms with Gasteiger partial charge in [-0.05, 0) is 25.0 Å². The minimum Gasteiger partial charge on any atom is -0.481 e. The van der Waals surface area contributed by atoms with E-state index in [1.165, 1.54) is 18.2 Å². The van der Waals surface area contributed by atoms with Gasteiger partial charge in [0.15, 0.2) is 5.69 Å². The average Bonchev–Trinajstić information content (AvgIpc) is 3.10. The van der Waals surface area contributed by atoms with Gasteiger partial charge in [-0.1, -0.05) is 31.2 Å². The summed E-state index contributed by atoms with van der Waals surface area (Å²) in [5.74, 6) is -1.77. The Morgan fingerprint density at radius 3 is 2.37 bits per heavy atom. The number of aliphatic carboxylic acids is 1. The van der Waals surface area contributed by atoms with Crippen molar-refractivity contribution in [2.75, 3.05) is 0 Å². The van der Waals surface area contributed by atoms with Crippen molar-refractivity contribution < 1.29 is 27.9 Å². The highest BCUT2D eigenvalue weighted by atomic mass is 19.4. The number of aromatic nitrogens is 3. The summed E-state index contributed by atoms with van der Waals surface area (Å²) in [4.78, 5) is 23.5. The number of nitrogens with one attached hydrogen (secondary N) is 1. The molecule has 0 saturated carbocycles. The molecule has 0 aliphatic heterocycles. The maximum Gasteiger partial charge on any atom is 0.418 e. The van der Waals surface area contributed by atoms with Crippen molar-refractivity contribution in [3.8, 4) is 5.69 Å². The molecular weight excluding hydrogens is 365 g/mol. The van der Waals surface area contributed by atoms with Gasteiger partial charge in [0.1, 0.15) is 0 Å². The van der Waals surface area contributed by atoms with Gasteiger partial charge in [0, 0.05) is 0 Å². The number of halogens is 3. The Morgan fingerprint density at radius 2 is 1.81 bits per heavy atom. The lowest BCUT2D eigenvalue weighted by molar-refractivity contribution is -0.139. The van der Waals surface area contributed by atoms with Crippen LogP contribution >= 0.6 is 0 Å². The zero-order valence-corrected chi connectivity index (χ0v) is 14.7. The predicted molar refractivity (Wildman–Crippen MR) is 89.4 cm³/mol. The topological polar surface area (TPSA) is 97.1 Å². The SMILES string of the molecule is CCC(CC)(CC(=O)O)NC(=O)c1cn(-c2ccccc2C(F)(F)F)nn1. The van der Waals surface area contributed by atoms with Crippen molar-refractivity contribution in [1.82, 2.24) is 20.3 Å². The second kappa shape index (κ2) is 7.77. The van der Waals surface area contributed by atoms with Gasteiger partial charge in [0.2, 0.25) is 0 Å². The monoisotopic (exact) mass is 384 g/mol. The van der Waals surface area contributed by atoms with Crippen LogP contribution < -0.4 is 5.32 Å². The van der Waals surface area contributed by atoms with E-state index >= 15 is 0 Å². The molecule has 0 fully saturated rings. The zero-order chi connectivity index (χ0) is 20.2. The zero-order valence-electron chi connectivity index (χ0n) is 14.7. The van der Waals surface area contributed by atoms with Gasteiger partial charge in [0.05, 0.1) is 29.4 Å². The highest BCUT2D eigenvalue weighted by Gasteiger charge is 2.35. The Hall–Kier alpha value is -2.91. The quantitative estimate of drug-likeness (QED) is 0.765. The summed E-state index contributed by atoms with van der Waals surface area (Å²) in [7, 11) is 0. The Labute approximate surface area is 153 Å². The molecule has 1 amide bonds. The van der Waals surface area contributed by atoms with E-state index < -0.39 is 29.2 Å². The van der Waals surface area contributed by atoms with Gasteiger partial charge in [-0.15, -0.1) is 5.10 Å². The molecule has 2 aromatic rings. The molecule has 0 spiro atoms. The van der Waals surface area contributed by atoms with Crippen LogP contribution in [0.1, 0.15) is 49.2 Å². The van der Waals surface area contributed by atoms with Crippen molar-refractivity contribution in [2.24, 2.45) is 0 Å². The molecule has 0 unspecified atom stereocenters. The van der Waals surface area contributed by atoms with Gasteiger partial charge >= 0.3 is 12.1 Å². The molecule has 1 aromatic carbocycles. The number of nitrogens with zero attached hydrogens (tertiary/aromatic N) is 3. The van der Waals surface area contributed by atoms with Gasteiger partial charge < -0.3 is 10.4 Å². The molecular formula is C17H19F3N4O3. The van der Waals surface area contributed by atoms with E-state index in [4.69, 9.17) is 5.11 Å². The fraction of sp³-hybridized carbons (Fsp3) is 0.412. The fourth-order valence-electron chi connectivity index (χ4n) is 2.71. The molecule has 0 atom stereocenters. The molecule has 2 N–H and O–H groups in total. The van der Waals surface area contributed by atoms with Gasteiger partial charge in [0.25, 0.3) is 5.91 Å². The van der Waals surface area contributed by atoms with E-state index in [-0.39, 0.29) is 17.8 Å². The van der Waals surface area contributed by atoms with Gasteiger partial charge in [-0.25, -0.2) is 4.68 Å². The first-order valence-electron chi connectivity index (χ1n) is 8.25. The summed E-state index contributed by atoms with van der Waals surface area (Å²) in [6.45, 7) is 3.48. The third-order valence-electron chi connectivity index (χ3n) is 4.40. The van der Waals surface area contributed by atoms with Crippen LogP contribution in [0.25, 0.3) is 5.69 Å². The molecule has 0 bridgehead atoms. The van der Waals surface area contributed by atoms with Crippen molar-refractivity contribution in [3.63, 3.8) is 0 Å². The first kappa shape index (κ1) is 20.4. The highest BCUT2D eigenvalue weighted by Crippen LogP contribution is 2.33. The van der Waals surface area contributed by atoms with Crippen LogP contribution in [0.4, 0.5) is 13.2 Å². The van der Waals surface area contributed by atoms with Crippen LogP contribution in [0, 0.1) is 0 Å². The predicted octanol–water partition coefficient (Wildman–Crippen LogP) is 3.05. The standard InChI is InChI=1S/C17H19F3N4O3/c1-3-16(4-2,9-14(25)26)21-15(27)12-10-24(23-22-12)13-8-6-5-7-11(13)17(18,19)20/h5-8,10H,3-4,9H2,1-2H3,(H,21,27)(H,25,26). The maximum atomic E-state index is 13.1. The fourth-order valence-corrected chi connectivity index (χ4v) is 2.71. The lowest BCUT2D eigenvalue weighted by Gasteiger charge is -2.30. The number of carbonyl (C=O) groups is 2. The third-order valence-corrected chi connectivity index (χ3v) is 4.40. The summed E-state index contributed by atoms with van der Waals surface area (Å²) >= 11 is 0. The summed E-state index contributed by atoms with van der Waals surface area (Å²) in [5.41, 5.74) is -2.36. The second-order valence-electron chi connectivity index (χ2n) is 6.08. The van der Waals surface area contributed by atoms with Gasteiger partial charge in [-0.2, -0.15) is 13.2 Å². The van der Waals surface area contributed by atoms with Crippen LogP contribution in [-0.2, 0) is 11.0 Å². The average molecular weight is 384 g/mol. The Kier molecular flexibility index (Phi) is 5.87.